The van der Waals surface area contributed by atoms with Crippen LogP contribution in [0.3, 0.4) is 0 Å². The van der Waals surface area contributed by atoms with Gasteiger partial charge in [0.15, 0.2) is 9.76 Å². The van der Waals surface area contributed by atoms with Gasteiger partial charge in [-0.05, 0) is 92.3 Å². The maximum absolute atomic E-state index is 6.48. The van der Waals surface area contributed by atoms with Crippen molar-refractivity contribution >= 4 is 9.76 Å². The van der Waals surface area contributed by atoms with Crippen LogP contribution in [0.15, 0.2) is 0 Å². The molecule has 0 saturated carbocycles. The summed E-state index contributed by atoms with van der Waals surface area (Å²) in [7, 11) is 6.46. The second-order valence-electron chi connectivity index (χ2n) is 9.82. The Hall–Kier alpha value is 0.0569. The highest BCUT2D eigenvalue weighted by atomic mass is 28.2. The molecule has 0 rings (SSSR count). The molecule has 29 heavy (non-hydrogen) atoms. The zero-order valence-corrected chi connectivity index (χ0v) is 23.1. The van der Waals surface area contributed by atoms with E-state index in [0.717, 1.165) is 12.8 Å². The van der Waals surface area contributed by atoms with Crippen molar-refractivity contribution in [1.82, 2.24) is 14.7 Å². The molecule has 0 radical (unpaired) electrons. The molecule has 4 nitrogen and oxygen atoms in total. The van der Waals surface area contributed by atoms with E-state index in [2.05, 4.69) is 77.4 Å². The van der Waals surface area contributed by atoms with Crippen molar-refractivity contribution in [1.29, 1.82) is 0 Å². The zero-order valence-electron chi connectivity index (χ0n) is 21.6. The van der Waals surface area contributed by atoms with Gasteiger partial charge in [-0.1, -0.05) is 34.6 Å². The lowest BCUT2D eigenvalue weighted by atomic mass is 9.82. The Morgan fingerprint density at radius 2 is 1.07 bits per heavy atom. The summed E-state index contributed by atoms with van der Waals surface area (Å²) in [6, 6.07) is 1.29. The van der Waals surface area contributed by atoms with E-state index in [9.17, 15) is 0 Å². The van der Waals surface area contributed by atoms with Gasteiger partial charge in [-0.25, -0.2) is 0 Å². The van der Waals surface area contributed by atoms with Crippen LogP contribution in [0.25, 0.3) is 0 Å². The van der Waals surface area contributed by atoms with Crippen LogP contribution in [0, 0.1) is 5.41 Å². The average Bonchev–Trinajstić information content (AvgIpc) is 2.65. The van der Waals surface area contributed by atoms with Crippen LogP contribution in [0.2, 0.25) is 6.04 Å². The first-order valence-corrected chi connectivity index (χ1v) is 14.0. The fraction of sp³-hybridized carbons (Fsp3) is 1.00. The monoisotopic (exact) mass is 429 g/mol. The molecular formula is C24H55N3OSi. The molecular weight excluding hydrogens is 374 g/mol. The third-order valence-electron chi connectivity index (χ3n) is 6.43. The lowest BCUT2D eigenvalue weighted by molar-refractivity contribution is 0.0673. The second-order valence-corrected chi connectivity index (χ2v) is 11.2. The van der Waals surface area contributed by atoms with Crippen molar-refractivity contribution in [2.75, 3.05) is 60.4 Å². The molecule has 0 aromatic carbocycles. The molecule has 0 aromatic heterocycles. The fourth-order valence-electron chi connectivity index (χ4n) is 4.71. The Morgan fingerprint density at radius 3 is 1.38 bits per heavy atom. The summed E-state index contributed by atoms with van der Waals surface area (Å²) in [6.45, 7) is 20.8. The summed E-state index contributed by atoms with van der Waals surface area (Å²) in [6.07, 6.45) is 7.22. The van der Waals surface area contributed by atoms with Gasteiger partial charge in [0.05, 0.1) is 5.60 Å². The van der Waals surface area contributed by atoms with E-state index in [1.165, 1.54) is 71.0 Å². The maximum atomic E-state index is 6.48. The average molecular weight is 430 g/mol. The summed E-state index contributed by atoms with van der Waals surface area (Å²) in [4.78, 5) is 7.72. The molecule has 0 fully saturated rings. The quantitative estimate of drug-likeness (QED) is 0.222. The highest BCUT2D eigenvalue weighted by Gasteiger charge is 2.34. The van der Waals surface area contributed by atoms with Crippen molar-refractivity contribution in [3.8, 4) is 0 Å². The van der Waals surface area contributed by atoms with Crippen molar-refractivity contribution in [2.24, 2.45) is 5.41 Å². The predicted octanol–water partition coefficient (Wildman–Crippen LogP) is 4.49. The minimum atomic E-state index is -0.486. The van der Waals surface area contributed by atoms with E-state index in [4.69, 9.17) is 4.43 Å². The van der Waals surface area contributed by atoms with E-state index < -0.39 is 9.76 Å². The zero-order chi connectivity index (χ0) is 22.3. The summed E-state index contributed by atoms with van der Waals surface area (Å²) in [5.41, 5.74) is 0.425. The number of hydrogen-bond acceptors (Lipinski definition) is 4. The highest BCUT2D eigenvalue weighted by molar-refractivity contribution is 6.27. The molecule has 0 atom stereocenters. The Balaban J connectivity index is 5.32. The number of nitrogens with zero attached hydrogens (tertiary/aromatic N) is 3. The Bertz CT molecular complexity index is 354. The van der Waals surface area contributed by atoms with Gasteiger partial charge < -0.3 is 19.1 Å². The van der Waals surface area contributed by atoms with Crippen LogP contribution in [0.1, 0.15) is 80.1 Å². The van der Waals surface area contributed by atoms with Crippen LogP contribution in [-0.4, -0.2) is 90.5 Å². The molecule has 5 heteroatoms. The van der Waals surface area contributed by atoms with Crippen LogP contribution in [0.4, 0.5) is 0 Å². The SMILES string of the molecule is CCCN(C)CC(CC[SiH2]OC(C)(CC)CC)(CN(C)CCC)CN(C)CCC. The second kappa shape index (κ2) is 15.8. The maximum Gasteiger partial charge on any atom is 0.162 e. The minimum absolute atomic E-state index is 0.103. The standard InChI is InChI=1S/C24H55N3OSi/c1-10-16-25(7)20-24(21-26(8)17-11-2,22-27(9)18-12-3)15-19-29-28-23(6,13-4)14-5/h10-22,29H2,1-9H3. The van der Waals surface area contributed by atoms with Gasteiger partial charge in [-0.2, -0.15) is 0 Å². The molecule has 0 aliphatic heterocycles. The molecule has 0 unspecified atom stereocenters. The van der Waals surface area contributed by atoms with Crippen LogP contribution >= 0.6 is 0 Å². The van der Waals surface area contributed by atoms with Crippen LogP contribution < -0.4 is 0 Å². The summed E-state index contributed by atoms with van der Waals surface area (Å²) in [5.74, 6) is 0. The third kappa shape index (κ3) is 12.5. The minimum Gasteiger partial charge on any atom is -0.419 e. The lowest BCUT2D eigenvalue weighted by Gasteiger charge is -2.43. The summed E-state index contributed by atoms with van der Waals surface area (Å²) in [5, 5.41) is 0. The topological polar surface area (TPSA) is 19.0 Å². The lowest BCUT2D eigenvalue weighted by Crippen LogP contribution is -2.50. The molecule has 0 aliphatic carbocycles. The first-order valence-electron chi connectivity index (χ1n) is 12.4. The van der Waals surface area contributed by atoms with Gasteiger partial charge in [0.25, 0.3) is 0 Å². The molecule has 176 valence electrons. The summed E-state index contributed by atoms with van der Waals surface area (Å²) >= 11 is 0. The van der Waals surface area contributed by atoms with Crippen molar-refractivity contribution in [3.05, 3.63) is 0 Å². The molecule has 0 spiro atoms. The van der Waals surface area contributed by atoms with Gasteiger partial charge in [0, 0.05) is 25.0 Å². The van der Waals surface area contributed by atoms with E-state index in [1.54, 1.807) is 0 Å². The molecule has 0 aliphatic rings. The van der Waals surface area contributed by atoms with Crippen molar-refractivity contribution in [2.45, 2.75) is 91.7 Å². The third-order valence-corrected chi connectivity index (χ3v) is 7.97. The Morgan fingerprint density at radius 1 is 0.690 bits per heavy atom. The van der Waals surface area contributed by atoms with Gasteiger partial charge in [-0.3, -0.25) is 0 Å². The van der Waals surface area contributed by atoms with E-state index in [0.29, 0.717) is 5.41 Å². The number of hydrogen-bond donors (Lipinski definition) is 0. The van der Waals surface area contributed by atoms with Gasteiger partial charge in [0.2, 0.25) is 0 Å². The van der Waals surface area contributed by atoms with E-state index in [-0.39, 0.29) is 5.60 Å². The van der Waals surface area contributed by atoms with Crippen LogP contribution in [-0.2, 0) is 4.43 Å². The molecule has 0 bridgehead atoms. The Labute approximate surface area is 186 Å². The smallest absolute Gasteiger partial charge is 0.162 e. The molecule has 0 aromatic rings. The van der Waals surface area contributed by atoms with Gasteiger partial charge in [-0.15, -0.1) is 0 Å². The highest BCUT2D eigenvalue weighted by Crippen LogP contribution is 2.29. The number of rotatable bonds is 19. The Kier molecular flexibility index (Phi) is 15.8. The fourth-order valence-corrected chi connectivity index (χ4v) is 6.65. The summed E-state index contributed by atoms with van der Waals surface area (Å²) < 4.78 is 6.48. The van der Waals surface area contributed by atoms with Gasteiger partial charge >= 0.3 is 0 Å². The molecule has 0 saturated heterocycles. The van der Waals surface area contributed by atoms with Crippen molar-refractivity contribution in [3.63, 3.8) is 0 Å². The van der Waals surface area contributed by atoms with E-state index >= 15 is 0 Å². The first kappa shape index (κ1) is 29.1. The van der Waals surface area contributed by atoms with Gasteiger partial charge in [0.1, 0.15) is 0 Å². The predicted molar refractivity (Wildman–Crippen MR) is 134 cm³/mol. The molecule has 0 N–H and O–H groups in total. The van der Waals surface area contributed by atoms with Crippen molar-refractivity contribution < 1.29 is 4.43 Å². The molecule has 0 amide bonds. The van der Waals surface area contributed by atoms with Crippen LogP contribution in [0.5, 0.6) is 0 Å². The first-order chi connectivity index (χ1) is 13.7. The molecule has 0 heterocycles. The van der Waals surface area contributed by atoms with E-state index in [1.807, 2.05) is 0 Å². The normalized spacial score (nSPS) is 13.7. The largest absolute Gasteiger partial charge is 0.419 e.